The molecule has 2 rings (SSSR count). The maximum Gasteiger partial charge on any atom is 0.403 e. The van der Waals surface area contributed by atoms with Crippen LogP contribution in [0.3, 0.4) is 0 Å². The number of benzene rings is 1. The molecular weight excluding hydrogens is 302 g/mol. The molecule has 1 N–H and O–H groups in total. The molecular formula is C13H10F6O2. The summed E-state index contributed by atoms with van der Waals surface area (Å²) in [6.45, 7) is 1.71. The van der Waals surface area contributed by atoms with E-state index in [0.29, 0.717) is 5.39 Å². The van der Waals surface area contributed by atoms with Gasteiger partial charge in [0, 0.05) is 5.39 Å². The van der Waals surface area contributed by atoms with Crippen molar-refractivity contribution in [3.63, 3.8) is 0 Å². The molecule has 0 spiro atoms. The lowest BCUT2D eigenvalue weighted by atomic mass is 9.99. The van der Waals surface area contributed by atoms with Crippen LogP contribution in [0.25, 0.3) is 11.0 Å². The van der Waals surface area contributed by atoms with Crippen LogP contribution in [-0.2, 0) is 0 Å². The third-order valence-corrected chi connectivity index (χ3v) is 3.00. The molecule has 0 aliphatic rings. The lowest BCUT2D eigenvalue weighted by molar-refractivity contribution is -0.309. The first-order valence-electron chi connectivity index (χ1n) is 5.82. The van der Waals surface area contributed by atoms with Gasteiger partial charge in [-0.25, -0.2) is 0 Å². The molecule has 1 aromatic heterocycles. The van der Waals surface area contributed by atoms with Crippen molar-refractivity contribution in [2.24, 2.45) is 5.92 Å². The minimum Gasteiger partial charge on any atom is -0.458 e. The van der Waals surface area contributed by atoms with Crippen LogP contribution >= 0.6 is 0 Å². The number of hydrogen-bond acceptors (Lipinski definition) is 2. The minimum absolute atomic E-state index is 0.109. The highest BCUT2D eigenvalue weighted by Crippen LogP contribution is 2.47. The van der Waals surface area contributed by atoms with Crippen LogP contribution in [0, 0.1) is 12.8 Å². The molecule has 0 aliphatic carbocycles. The van der Waals surface area contributed by atoms with Gasteiger partial charge in [-0.15, -0.1) is 0 Å². The second kappa shape index (κ2) is 4.94. The SMILES string of the molecule is Cc1ccc2oc(C(O)C(C(F)(F)F)C(F)(F)F)cc2c1. The number of halogens is 6. The zero-order chi connectivity index (χ0) is 16.0. The predicted molar refractivity (Wildman–Crippen MR) is 61.5 cm³/mol. The van der Waals surface area contributed by atoms with E-state index < -0.39 is 30.1 Å². The number of fused-ring (bicyclic) bond motifs is 1. The van der Waals surface area contributed by atoms with E-state index in [0.717, 1.165) is 11.6 Å². The van der Waals surface area contributed by atoms with Crippen molar-refractivity contribution in [3.05, 3.63) is 35.6 Å². The van der Waals surface area contributed by atoms with Crippen LogP contribution in [0.2, 0.25) is 0 Å². The Morgan fingerprint density at radius 1 is 1.00 bits per heavy atom. The molecule has 0 fully saturated rings. The van der Waals surface area contributed by atoms with Crippen molar-refractivity contribution in [2.75, 3.05) is 0 Å². The fraction of sp³-hybridized carbons (Fsp3) is 0.385. The molecule has 2 nitrogen and oxygen atoms in total. The summed E-state index contributed by atoms with van der Waals surface area (Å²) in [6, 6.07) is 5.52. The quantitative estimate of drug-likeness (QED) is 0.827. The third kappa shape index (κ3) is 3.15. The monoisotopic (exact) mass is 312 g/mol. The van der Waals surface area contributed by atoms with E-state index in [1.54, 1.807) is 13.0 Å². The van der Waals surface area contributed by atoms with Crippen molar-refractivity contribution in [1.82, 2.24) is 0 Å². The van der Waals surface area contributed by atoms with E-state index in [1.807, 2.05) is 0 Å². The van der Waals surface area contributed by atoms with E-state index in [4.69, 9.17) is 4.42 Å². The van der Waals surface area contributed by atoms with Gasteiger partial charge in [-0.1, -0.05) is 11.6 Å². The predicted octanol–water partition coefficient (Wildman–Crippen LogP) is 4.52. The molecule has 0 saturated carbocycles. The highest BCUT2D eigenvalue weighted by molar-refractivity contribution is 5.78. The fourth-order valence-electron chi connectivity index (χ4n) is 2.04. The topological polar surface area (TPSA) is 33.4 Å². The van der Waals surface area contributed by atoms with Gasteiger partial charge in [0.15, 0.2) is 5.92 Å². The molecule has 116 valence electrons. The largest absolute Gasteiger partial charge is 0.458 e. The van der Waals surface area contributed by atoms with Crippen LogP contribution in [0.15, 0.2) is 28.7 Å². The Bertz CT molecular complexity index is 626. The van der Waals surface area contributed by atoms with E-state index in [-0.39, 0.29) is 5.58 Å². The van der Waals surface area contributed by atoms with Gasteiger partial charge in [-0.05, 0) is 25.1 Å². The zero-order valence-electron chi connectivity index (χ0n) is 10.6. The van der Waals surface area contributed by atoms with Crippen LogP contribution < -0.4 is 0 Å². The molecule has 1 aromatic carbocycles. The Labute approximate surface area is 115 Å². The molecule has 1 atom stereocenters. The summed E-state index contributed by atoms with van der Waals surface area (Å²) in [5, 5.41) is 9.81. The summed E-state index contributed by atoms with van der Waals surface area (Å²) in [4.78, 5) is 0. The standard InChI is InChI=1S/C13H10F6O2/c1-6-2-3-8-7(4-6)5-9(21-8)10(20)11(12(14,15)16)13(17,18)19/h2-5,10-11,20H,1H3. The highest BCUT2D eigenvalue weighted by atomic mass is 19.4. The second-order valence-corrected chi connectivity index (χ2v) is 4.70. The van der Waals surface area contributed by atoms with E-state index in [9.17, 15) is 31.4 Å². The third-order valence-electron chi connectivity index (χ3n) is 3.00. The van der Waals surface area contributed by atoms with Crippen molar-refractivity contribution in [3.8, 4) is 0 Å². The number of rotatable bonds is 2. The average molecular weight is 312 g/mol. The lowest BCUT2D eigenvalue weighted by Crippen LogP contribution is -2.40. The Hall–Kier alpha value is -1.70. The lowest BCUT2D eigenvalue weighted by Gasteiger charge is -2.26. The Balaban J connectivity index is 2.46. The number of aliphatic hydroxyl groups is 1. The van der Waals surface area contributed by atoms with Crippen molar-refractivity contribution < 1.29 is 35.9 Å². The first-order valence-corrected chi connectivity index (χ1v) is 5.82. The highest BCUT2D eigenvalue weighted by Gasteiger charge is 2.61. The molecule has 0 saturated heterocycles. The smallest absolute Gasteiger partial charge is 0.403 e. The number of furan rings is 1. The first kappa shape index (κ1) is 15.7. The van der Waals surface area contributed by atoms with Gasteiger partial charge in [0.05, 0.1) is 0 Å². The van der Waals surface area contributed by atoms with Crippen molar-refractivity contribution in [2.45, 2.75) is 25.4 Å². The van der Waals surface area contributed by atoms with Gasteiger partial charge < -0.3 is 9.52 Å². The summed E-state index contributed by atoms with van der Waals surface area (Å²) in [6.07, 6.45) is -14.1. The molecule has 0 bridgehead atoms. The summed E-state index contributed by atoms with van der Waals surface area (Å²) in [5.41, 5.74) is 0.866. The van der Waals surface area contributed by atoms with Crippen LogP contribution in [0.4, 0.5) is 26.3 Å². The summed E-state index contributed by atoms with van der Waals surface area (Å²) in [7, 11) is 0. The molecule has 0 aliphatic heterocycles. The Morgan fingerprint density at radius 2 is 1.57 bits per heavy atom. The maximum atomic E-state index is 12.6. The van der Waals surface area contributed by atoms with Gasteiger partial charge >= 0.3 is 12.4 Å². The maximum absolute atomic E-state index is 12.6. The van der Waals surface area contributed by atoms with Gasteiger partial charge in [0.2, 0.25) is 0 Å². The second-order valence-electron chi connectivity index (χ2n) is 4.70. The number of alkyl halides is 6. The van der Waals surface area contributed by atoms with Crippen LogP contribution in [-0.4, -0.2) is 17.5 Å². The molecule has 21 heavy (non-hydrogen) atoms. The summed E-state index contributed by atoms with van der Waals surface area (Å²) >= 11 is 0. The fourth-order valence-corrected chi connectivity index (χ4v) is 2.04. The first-order chi connectivity index (χ1) is 9.50. The van der Waals surface area contributed by atoms with Crippen LogP contribution in [0.1, 0.15) is 17.4 Å². The Morgan fingerprint density at radius 3 is 2.10 bits per heavy atom. The summed E-state index contributed by atoms with van der Waals surface area (Å²) in [5.74, 6) is -4.66. The molecule has 8 heteroatoms. The van der Waals surface area contributed by atoms with Gasteiger partial charge in [-0.2, -0.15) is 26.3 Å². The molecule has 2 aromatic rings. The molecule has 1 heterocycles. The van der Waals surface area contributed by atoms with Gasteiger partial charge in [-0.3, -0.25) is 0 Å². The molecule has 0 radical (unpaired) electrons. The van der Waals surface area contributed by atoms with E-state index in [2.05, 4.69) is 0 Å². The minimum atomic E-state index is -5.63. The normalized spacial score (nSPS) is 14.9. The van der Waals surface area contributed by atoms with Crippen molar-refractivity contribution in [1.29, 1.82) is 0 Å². The number of aliphatic hydroxyl groups excluding tert-OH is 1. The van der Waals surface area contributed by atoms with Gasteiger partial charge in [0.1, 0.15) is 17.4 Å². The number of aryl methyl sites for hydroxylation is 1. The molecule has 1 unspecified atom stereocenters. The van der Waals surface area contributed by atoms with Crippen molar-refractivity contribution >= 4 is 11.0 Å². The summed E-state index contributed by atoms with van der Waals surface area (Å²) < 4.78 is 80.2. The van der Waals surface area contributed by atoms with Gasteiger partial charge in [0.25, 0.3) is 0 Å². The number of hydrogen-bond donors (Lipinski definition) is 1. The average Bonchev–Trinajstić information content (AvgIpc) is 2.67. The molecule has 0 amide bonds. The zero-order valence-corrected chi connectivity index (χ0v) is 10.6. The Kier molecular flexibility index (Phi) is 3.69. The van der Waals surface area contributed by atoms with E-state index >= 15 is 0 Å². The van der Waals surface area contributed by atoms with Crippen LogP contribution in [0.5, 0.6) is 0 Å². The van der Waals surface area contributed by atoms with E-state index in [1.165, 1.54) is 12.1 Å².